The van der Waals surface area contributed by atoms with Crippen molar-refractivity contribution in [3.63, 3.8) is 0 Å². The number of carbonyl (C=O) groups excluding carboxylic acids is 2. The first kappa shape index (κ1) is 9.73. The Morgan fingerprint density at radius 1 is 1.27 bits per heavy atom. The Labute approximate surface area is 64.0 Å². The number of hydrogen-bond donors (Lipinski definition) is 2. The van der Waals surface area contributed by atoms with E-state index in [1.807, 2.05) is 10.2 Å². The van der Waals surface area contributed by atoms with Gasteiger partial charge in [-0.05, 0) is 6.92 Å². The van der Waals surface area contributed by atoms with Gasteiger partial charge >= 0.3 is 7.44 Å². The fourth-order valence-corrected chi connectivity index (χ4v) is 1.22. The maximum Gasteiger partial charge on any atom is 0.334 e. The van der Waals surface area contributed by atoms with Gasteiger partial charge in [0, 0.05) is 5.66 Å². The molecule has 6 heteroatoms. The largest absolute Gasteiger partial charge is 0.334 e. The monoisotopic (exact) mass is 174 g/mol. The van der Waals surface area contributed by atoms with Crippen molar-refractivity contribution in [1.82, 2.24) is 10.2 Å². The van der Waals surface area contributed by atoms with Crippen LogP contribution in [0.5, 0.6) is 0 Å². The third-order valence-corrected chi connectivity index (χ3v) is 2.21. The lowest BCUT2D eigenvalue weighted by Gasteiger charge is -2.06. The van der Waals surface area contributed by atoms with Crippen LogP contribution in [0.25, 0.3) is 0 Å². The quantitative estimate of drug-likeness (QED) is 0.347. The average Bonchev–Trinajstić information content (AvgIpc) is 1.88. The van der Waals surface area contributed by atoms with Crippen LogP contribution in [-0.2, 0) is 14.2 Å². The maximum absolute atomic E-state index is 11.2. The van der Waals surface area contributed by atoms with Crippen LogP contribution < -0.4 is 10.2 Å². The summed E-state index contributed by atoms with van der Waals surface area (Å²) >= 11 is 0. The fraction of sp³-hybridized carbons (Fsp3) is 0.200. The van der Waals surface area contributed by atoms with Crippen LogP contribution >= 0.6 is 7.44 Å². The molecule has 0 aliphatic heterocycles. The fourth-order valence-electron chi connectivity index (χ4n) is 0.408. The molecule has 0 bridgehead atoms. The van der Waals surface area contributed by atoms with Crippen LogP contribution in [0.15, 0.2) is 0 Å². The molecule has 11 heavy (non-hydrogen) atoms. The normalized spacial score (nSPS) is 8.82. The first-order valence-corrected chi connectivity index (χ1v) is 4.36. The van der Waals surface area contributed by atoms with Crippen molar-refractivity contribution in [3.05, 3.63) is 0 Å². The van der Waals surface area contributed by atoms with Crippen LogP contribution in [0.2, 0.25) is 0 Å². The van der Waals surface area contributed by atoms with Crippen molar-refractivity contribution in [2.24, 2.45) is 0 Å². The average molecular weight is 174 g/mol. The lowest BCUT2D eigenvalue weighted by Crippen LogP contribution is -2.18. The van der Waals surface area contributed by atoms with Gasteiger partial charge in [-0.2, -0.15) is 0 Å². The smallest absolute Gasteiger partial charge is 0.284 e. The Bertz CT molecular complexity index is 238. The van der Waals surface area contributed by atoms with E-state index in [2.05, 4.69) is 11.6 Å². The third kappa shape index (κ3) is 3.43. The van der Waals surface area contributed by atoms with E-state index in [4.69, 9.17) is 0 Å². The van der Waals surface area contributed by atoms with Gasteiger partial charge in [-0.15, -0.1) is 0 Å². The number of rotatable bonds is 4. The summed E-state index contributed by atoms with van der Waals surface area (Å²) in [6.07, 6.45) is 0.448. The second-order valence-electron chi connectivity index (χ2n) is 1.46. The summed E-state index contributed by atoms with van der Waals surface area (Å²) in [5.41, 5.74) is 2.18. The number of nitrogens with one attached hydrogen (secondary N) is 2. The highest BCUT2D eigenvalue weighted by Gasteiger charge is 2.14. The summed E-state index contributed by atoms with van der Waals surface area (Å²) in [7, 11) is -3.32. The molecule has 0 atom stereocenters. The molecule has 2 amide bonds. The van der Waals surface area contributed by atoms with Gasteiger partial charge in [-0.1, -0.05) is 5.92 Å². The highest BCUT2D eigenvalue weighted by atomic mass is 31.2. The zero-order chi connectivity index (χ0) is 8.74. The Morgan fingerprint density at radius 3 is 2.00 bits per heavy atom. The van der Waals surface area contributed by atoms with Gasteiger partial charge in [-0.3, -0.25) is 24.3 Å². The Kier molecular flexibility index (Phi) is 4.01. The molecule has 0 saturated heterocycles. The van der Waals surface area contributed by atoms with Gasteiger partial charge in [0.15, 0.2) is 0 Å². The molecule has 0 radical (unpaired) electrons. The molecule has 60 valence electrons. The van der Waals surface area contributed by atoms with E-state index in [9.17, 15) is 14.2 Å². The van der Waals surface area contributed by atoms with Crippen molar-refractivity contribution in [1.29, 1.82) is 0 Å². The Balaban J connectivity index is 4.46. The molecule has 5 nitrogen and oxygen atoms in total. The van der Waals surface area contributed by atoms with Gasteiger partial charge in [-0.25, -0.2) is 0 Å². The first-order chi connectivity index (χ1) is 5.18. The summed E-state index contributed by atoms with van der Waals surface area (Å²) in [6.45, 7) is 1.45. The Hall–Kier alpha value is -1.27. The predicted molar refractivity (Wildman–Crippen MR) is 39.5 cm³/mol. The van der Waals surface area contributed by atoms with E-state index in [1.54, 1.807) is 0 Å². The molecule has 0 saturated carbocycles. The molecule has 0 unspecified atom stereocenters. The van der Waals surface area contributed by atoms with Crippen molar-refractivity contribution in [2.45, 2.75) is 6.92 Å². The van der Waals surface area contributed by atoms with Crippen molar-refractivity contribution >= 4 is 20.3 Å². The minimum absolute atomic E-state index is 0.224. The molecule has 0 aliphatic carbocycles. The highest BCUT2D eigenvalue weighted by Crippen LogP contribution is 2.31. The zero-order valence-electron chi connectivity index (χ0n) is 5.83. The second kappa shape index (κ2) is 4.53. The van der Waals surface area contributed by atoms with E-state index in [0.717, 1.165) is 0 Å². The minimum atomic E-state index is -3.32. The molecule has 0 aromatic carbocycles. The second-order valence-corrected chi connectivity index (χ2v) is 3.42. The molecule has 0 heterocycles. The van der Waals surface area contributed by atoms with Crippen LogP contribution in [0.3, 0.4) is 0 Å². The SMILES string of the molecule is CC#CP(=O)(NC=O)NC=O. The van der Waals surface area contributed by atoms with Gasteiger partial charge in [0.05, 0.1) is 0 Å². The number of carbonyl (C=O) groups is 2. The van der Waals surface area contributed by atoms with E-state index in [-0.39, 0.29) is 12.8 Å². The van der Waals surface area contributed by atoms with Crippen molar-refractivity contribution < 1.29 is 14.2 Å². The molecule has 0 rings (SSSR count). The van der Waals surface area contributed by atoms with Gasteiger partial charge in [0.25, 0.3) is 0 Å². The van der Waals surface area contributed by atoms with Crippen LogP contribution in [0, 0.1) is 11.6 Å². The summed E-state index contributed by atoms with van der Waals surface area (Å²) < 4.78 is 11.2. The van der Waals surface area contributed by atoms with Crippen LogP contribution in [0.4, 0.5) is 0 Å². The topological polar surface area (TPSA) is 75.3 Å². The van der Waals surface area contributed by atoms with E-state index in [0.29, 0.717) is 0 Å². The summed E-state index contributed by atoms with van der Waals surface area (Å²) in [4.78, 5) is 19.7. The molecule has 0 spiro atoms. The molecule has 0 aromatic rings. The van der Waals surface area contributed by atoms with Crippen molar-refractivity contribution in [2.75, 3.05) is 0 Å². The van der Waals surface area contributed by atoms with Crippen molar-refractivity contribution in [3.8, 4) is 11.6 Å². The molecule has 2 N–H and O–H groups in total. The summed E-state index contributed by atoms with van der Waals surface area (Å²) in [5, 5.41) is 3.84. The lowest BCUT2D eigenvalue weighted by atomic mass is 10.8. The van der Waals surface area contributed by atoms with Crippen LogP contribution in [-0.4, -0.2) is 12.8 Å². The molecule has 0 aliphatic rings. The minimum Gasteiger partial charge on any atom is -0.284 e. The molecule has 0 aromatic heterocycles. The van der Waals surface area contributed by atoms with Gasteiger partial charge < -0.3 is 0 Å². The number of amides is 2. The maximum atomic E-state index is 11.2. The zero-order valence-corrected chi connectivity index (χ0v) is 6.72. The molecule has 0 fully saturated rings. The molecular weight excluding hydrogens is 167 g/mol. The van der Waals surface area contributed by atoms with E-state index >= 15 is 0 Å². The first-order valence-electron chi connectivity index (χ1n) is 2.65. The lowest BCUT2D eigenvalue weighted by molar-refractivity contribution is -0.108. The highest BCUT2D eigenvalue weighted by molar-refractivity contribution is 7.66. The van der Waals surface area contributed by atoms with Gasteiger partial charge in [0.2, 0.25) is 12.8 Å². The van der Waals surface area contributed by atoms with Gasteiger partial charge in [0.1, 0.15) is 0 Å². The molecular formula is C5H7N2O3P. The number of hydrogen-bond acceptors (Lipinski definition) is 3. The van der Waals surface area contributed by atoms with E-state index < -0.39 is 7.44 Å². The van der Waals surface area contributed by atoms with Crippen LogP contribution in [0.1, 0.15) is 6.92 Å². The summed E-state index contributed by atoms with van der Waals surface area (Å²) in [5.74, 6) is 2.32. The summed E-state index contributed by atoms with van der Waals surface area (Å²) in [6, 6.07) is 0. The predicted octanol–water partition coefficient (Wildman–Crippen LogP) is -0.348. The Morgan fingerprint density at radius 2 is 1.73 bits per heavy atom. The van der Waals surface area contributed by atoms with E-state index in [1.165, 1.54) is 6.92 Å². The third-order valence-electron chi connectivity index (χ3n) is 0.738. The standard InChI is InChI=1S/C5H7N2O3P/c1-2-3-11(10,6-4-8)7-5-9/h4-5H,1H3,(H2,6,7,8,9,10).